The standard InChI is InChI=1S/C20H23NO3.ClH/c1-24-18-9-7-17(8-10-18)19(22)20(23)11-13-21(14-12-20)15-16-5-3-2-4-6-16;/h2-10,23H,11-15H2,1H3;1H. The van der Waals surface area contributed by atoms with Crippen LogP contribution < -0.4 is 4.74 Å². The minimum Gasteiger partial charge on any atom is -0.497 e. The number of nitrogens with zero attached hydrogens (tertiary/aromatic N) is 1. The van der Waals surface area contributed by atoms with Crippen LogP contribution in [-0.4, -0.2) is 41.6 Å². The molecular weight excluding hydrogens is 338 g/mol. The van der Waals surface area contributed by atoms with Crippen molar-refractivity contribution in [1.82, 2.24) is 4.90 Å². The molecule has 0 saturated carbocycles. The van der Waals surface area contributed by atoms with E-state index in [4.69, 9.17) is 4.74 Å². The molecule has 4 nitrogen and oxygen atoms in total. The van der Waals surface area contributed by atoms with Crippen LogP contribution in [0, 0.1) is 0 Å². The van der Waals surface area contributed by atoms with E-state index in [0.717, 1.165) is 6.54 Å². The number of hydrogen-bond donors (Lipinski definition) is 1. The van der Waals surface area contributed by atoms with Gasteiger partial charge in [-0.2, -0.15) is 0 Å². The number of carbonyl (C=O) groups excluding carboxylic acids is 1. The maximum Gasteiger partial charge on any atom is 0.194 e. The van der Waals surface area contributed by atoms with Gasteiger partial charge in [-0.05, 0) is 42.7 Å². The second kappa shape index (κ2) is 8.48. The lowest BCUT2D eigenvalue weighted by molar-refractivity contribution is -0.00780. The van der Waals surface area contributed by atoms with Crippen molar-refractivity contribution < 1.29 is 14.6 Å². The van der Waals surface area contributed by atoms with Crippen molar-refractivity contribution in [1.29, 1.82) is 0 Å². The normalized spacial score (nSPS) is 16.7. The highest BCUT2D eigenvalue weighted by molar-refractivity contribution is 6.02. The maximum absolute atomic E-state index is 12.7. The Morgan fingerprint density at radius 3 is 2.24 bits per heavy atom. The van der Waals surface area contributed by atoms with Crippen LogP contribution in [0.5, 0.6) is 5.75 Å². The topological polar surface area (TPSA) is 49.8 Å². The van der Waals surface area contributed by atoms with Gasteiger partial charge in [0, 0.05) is 25.2 Å². The molecule has 2 aromatic rings. The Bertz CT molecular complexity index is 680. The average Bonchev–Trinajstić information content (AvgIpc) is 2.64. The molecule has 0 bridgehead atoms. The van der Waals surface area contributed by atoms with Gasteiger partial charge in [0.05, 0.1) is 7.11 Å². The summed E-state index contributed by atoms with van der Waals surface area (Å²) < 4.78 is 5.11. The molecule has 0 amide bonds. The highest BCUT2D eigenvalue weighted by Crippen LogP contribution is 2.28. The zero-order chi connectivity index (χ0) is 17.0. The summed E-state index contributed by atoms with van der Waals surface area (Å²) in [5, 5.41) is 10.8. The third kappa shape index (κ3) is 4.60. The van der Waals surface area contributed by atoms with Gasteiger partial charge < -0.3 is 9.84 Å². The number of benzene rings is 2. The summed E-state index contributed by atoms with van der Waals surface area (Å²) in [5.41, 5.74) is 0.529. The van der Waals surface area contributed by atoms with Crippen LogP contribution in [0.2, 0.25) is 0 Å². The maximum atomic E-state index is 12.7. The molecule has 3 rings (SSSR count). The van der Waals surface area contributed by atoms with Crippen molar-refractivity contribution in [2.45, 2.75) is 25.0 Å². The molecule has 1 saturated heterocycles. The van der Waals surface area contributed by atoms with Gasteiger partial charge in [0.25, 0.3) is 0 Å². The number of carbonyl (C=O) groups is 1. The first kappa shape index (κ1) is 19.4. The predicted molar refractivity (Wildman–Crippen MR) is 100 cm³/mol. The molecule has 1 heterocycles. The van der Waals surface area contributed by atoms with Crippen LogP contribution in [0.1, 0.15) is 28.8 Å². The molecule has 1 aliphatic rings. The van der Waals surface area contributed by atoms with Gasteiger partial charge >= 0.3 is 0 Å². The molecule has 0 radical (unpaired) electrons. The van der Waals surface area contributed by atoms with E-state index in [1.807, 2.05) is 18.2 Å². The third-order valence-electron chi connectivity index (χ3n) is 4.71. The lowest BCUT2D eigenvalue weighted by Crippen LogP contribution is -2.49. The summed E-state index contributed by atoms with van der Waals surface area (Å²) >= 11 is 0. The summed E-state index contributed by atoms with van der Waals surface area (Å²) in [4.78, 5) is 15.0. The zero-order valence-corrected chi connectivity index (χ0v) is 15.2. The first-order valence-corrected chi connectivity index (χ1v) is 8.28. The zero-order valence-electron chi connectivity index (χ0n) is 14.4. The van der Waals surface area contributed by atoms with Crippen LogP contribution in [0.15, 0.2) is 54.6 Å². The minimum atomic E-state index is -1.26. The van der Waals surface area contributed by atoms with Gasteiger partial charge in [0.1, 0.15) is 11.4 Å². The summed E-state index contributed by atoms with van der Waals surface area (Å²) in [5.74, 6) is 0.515. The van der Waals surface area contributed by atoms with Crippen molar-refractivity contribution in [3.63, 3.8) is 0 Å². The van der Waals surface area contributed by atoms with Gasteiger partial charge in [-0.3, -0.25) is 9.69 Å². The molecule has 0 aliphatic carbocycles. The predicted octanol–water partition coefficient (Wildman–Crippen LogP) is 3.33. The van der Waals surface area contributed by atoms with Crippen LogP contribution in [0.25, 0.3) is 0 Å². The lowest BCUT2D eigenvalue weighted by atomic mass is 9.84. The fourth-order valence-corrected chi connectivity index (χ4v) is 3.16. The van der Waals surface area contributed by atoms with Gasteiger partial charge in [-0.1, -0.05) is 30.3 Å². The van der Waals surface area contributed by atoms with Gasteiger partial charge in [0.15, 0.2) is 5.78 Å². The fourth-order valence-electron chi connectivity index (χ4n) is 3.16. The Hall–Kier alpha value is -1.88. The van der Waals surface area contributed by atoms with E-state index < -0.39 is 5.60 Å². The average molecular weight is 362 g/mol. The molecule has 0 unspecified atom stereocenters. The van der Waals surface area contributed by atoms with E-state index in [1.165, 1.54) is 5.56 Å². The second-order valence-corrected chi connectivity index (χ2v) is 6.35. The highest BCUT2D eigenvalue weighted by Gasteiger charge is 2.39. The molecule has 0 atom stereocenters. The fraction of sp³-hybridized carbons (Fsp3) is 0.350. The monoisotopic (exact) mass is 361 g/mol. The smallest absolute Gasteiger partial charge is 0.194 e. The Morgan fingerprint density at radius 2 is 1.68 bits per heavy atom. The number of ketones is 1. The van der Waals surface area contributed by atoms with Crippen LogP contribution in [0.4, 0.5) is 0 Å². The molecule has 5 heteroatoms. The molecule has 0 aromatic heterocycles. The number of piperidine rings is 1. The van der Waals surface area contributed by atoms with Crippen LogP contribution in [0.3, 0.4) is 0 Å². The van der Waals surface area contributed by atoms with Crippen LogP contribution in [-0.2, 0) is 6.54 Å². The van der Waals surface area contributed by atoms with E-state index in [-0.39, 0.29) is 18.2 Å². The van der Waals surface area contributed by atoms with E-state index in [9.17, 15) is 9.90 Å². The molecule has 2 aromatic carbocycles. The number of ether oxygens (including phenoxy) is 1. The number of methoxy groups -OCH3 is 1. The number of likely N-dealkylation sites (tertiary alicyclic amines) is 1. The summed E-state index contributed by atoms with van der Waals surface area (Å²) in [6.07, 6.45) is 0.926. The number of rotatable bonds is 5. The molecule has 1 fully saturated rings. The molecule has 1 N–H and O–H groups in total. The molecule has 0 spiro atoms. The minimum absolute atomic E-state index is 0. The van der Waals surface area contributed by atoms with E-state index >= 15 is 0 Å². The summed E-state index contributed by atoms with van der Waals surface area (Å²) in [7, 11) is 1.59. The number of hydrogen-bond acceptors (Lipinski definition) is 4. The number of halogens is 1. The highest BCUT2D eigenvalue weighted by atomic mass is 35.5. The summed E-state index contributed by atoms with van der Waals surface area (Å²) in [6.45, 7) is 2.29. The molecular formula is C20H24ClNO3. The largest absolute Gasteiger partial charge is 0.497 e. The van der Waals surface area contributed by atoms with Gasteiger partial charge in [0.2, 0.25) is 0 Å². The van der Waals surface area contributed by atoms with Gasteiger partial charge in [-0.25, -0.2) is 0 Å². The van der Waals surface area contributed by atoms with Crippen molar-refractivity contribution in [2.24, 2.45) is 0 Å². The lowest BCUT2D eigenvalue weighted by Gasteiger charge is -2.37. The van der Waals surface area contributed by atoms with Crippen molar-refractivity contribution >= 4 is 18.2 Å². The summed E-state index contributed by atoms with van der Waals surface area (Å²) in [6, 6.07) is 17.2. The molecule has 134 valence electrons. The number of Topliss-reactive ketones (excluding diaryl/α,β-unsaturated/α-hetero) is 1. The SMILES string of the molecule is COc1ccc(C(=O)C2(O)CCN(Cc3ccccc3)CC2)cc1.Cl. The Kier molecular flexibility index (Phi) is 6.59. The van der Waals surface area contributed by atoms with E-state index in [2.05, 4.69) is 17.0 Å². The van der Waals surface area contributed by atoms with Gasteiger partial charge in [-0.15, -0.1) is 12.4 Å². The van der Waals surface area contributed by atoms with Crippen molar-refractivity contribution in [3.8, 4) is 5.75 Å². The Labute approximate surface area is 154 Å². The third-order valence-corrected chi connectivity index (χ3v) is 4.71. The Balaban J connectivity index is 0.00000225. The molecule has 25 heavy (non-hydrogen) atoms. The first-order valence-electron chi connectivity index (χ1n) is 8.28. The molecule has 1 aliphatic heterocycles. The quantitative estimate of drug-likeness (QED) is 0.830. The van der Waals surface area contributed by atoms with E-state index in [0.29, 0.717) is 37.2 Å². The van der Waals surface area contributed by atoms with Crippen molar-refractivity contribution in [2.75, 3.05) is 20.2 Å². The number of aliphatic hydroxyl groups is 1. The van der Waals surface area contributed by atoms with Crippen molar-refractivity contribution in [3.05, 3.63) is 65.7 Å². The first-order chi connectivity index (χ1) is 11.6. The Morgan fingerprint density at radius 1 is 1.08 bits per heavy atom. The second-order valence-electron chi connectivity index (χ2n) is 6.35. The van der Waals surface area contributed by atoms with E-state index in [1.54, 1.807) is 31.4 Å². The van der Waals surface area contributed by atoms with Crippen LogP contribution >= 0.6 is 12.4 Å².